The highest BCUT2D eigenvalue weighted by Crippen LogP contribution is 2.39. The molecule has 0 spiro atoms. The van der Waals surface area contributed by atoms with Crippen molar-refractivity contribution < 1.29 is 31.5 Å². The van der Waals surface area contributed by atoms with E-state index in [4.69, 9.17) is 5.11 Å². The van der Waals surface area contributed by atoms with E-state index >= 15 is 0 Å². The Morgan fingerprint density at radius 1 is 1.35 bits per heavy atom. The van der Waals surface area contributed by atoms with Gasteiger partial charge in [-0.2, -0.15) is 13.2 Å². The van der Waals surface area contributed by atoms with E-state index in [9.17, 15) is 26.4 Å². The fraction of sp³-hybridized carbons (Fsp3) is 0.500. The monoisotopic (exact) mass is 351 g/mol. The van der Waals surface area contributed by atoms with Crippen LogP contribution in [0.1, 0.15) is 18.4 Å². The Balaban J connectivity index is 2.47. The smallest absolute Gasteiger partial charge is 0.418 e. The number of anilines is 1. The van der Waals surface area contributed by atoms with Gasteiger partial charge >= 0.3 is 12.1 Å². The summed E-state index contributed by atoms with van der Waals surface area (Å²) >= 11 is 0. The number of carboxylic acid groups (broad SMARTS) is 1. The zero-order valence-electron chi connectivity index (χ0n) is 12.3. The highest BCUT2D eigenvalue weighted by atomic mass is 32.2. The van der Waals surface area contributed by atoms with Gasteiger partial charge in [-0.3, -0.25) is 4.79 Å². The SMILES string of the molecule is CS(=O)(=O)c1ccc(N2CCCC(C(=O)O)C2)c(C(F)(F)F)c1. The Labute approximate surface area is 131 Å². The molecule has 1 saturated heterocycles. The van der Waals surface area contributed by atoms with Crippen LogP contribution in [-0.2, 0) is 20.8 Å². The standard InChI is InChI=1S/C14H16F3NO4S/c1-23(21,22)10-4-5-12(11(7-10)14(15,16)17)18-6-2-3-9(8-18)13(19)20/h4-5,7,9H,2-3,6,8H2,1H3,(H,19,20). The molecule has 0 aliphatic carbocycles. The fourth-order valence-electron chi connectivity index (χ4n) is 2.65. The van der Waals surface area contributed by atoms with E-state index in [-0.39, 0.29) is 12.2 Å². The van der Waals surface area contributed by atoms with E-state index in [2.05, 4.69) is 0 Å². The quantitative estimate of drug-likeness (QED) is 0.905. The molecule has 0 bridgehead atoms. The lowest BCUT2D eigenvalue weighted by molar-refractivity contribution is -0.141. The second-order valence-corrected chi connectivity index (χ2v) is 7.59. The minimum Gasteiger partial charge on any atom is -0.481 e. The summed E-state index contributed by atoms with van der Waals surface area (Å²) in [5.74, 6) is -1.78. The van der Waals surface area contributed by atoms with Crippen molar-refractivity contribution in [2.75, 3.05) is 24.2 Å². The first-order chi connectivity index (χ1) is 10.5. The van der Waals surface area contributed by atoms with Crippen LogP contribution in [0.15, 0.2) is 23.1 Å². The third kappa shape index (κ3) is 3.95. The van der Waals surface area contributed by atoms with Gasteiger partial charge in [-0.1, -0.05) is 0 Å². The topological polar surface area (TPSA) is 74.7 Å². The van der Waals surface area contributed by atoms with Crippen LogP contribution in [0.4, 0.5) is 18.9 Å². The molecule has 0 radical (unpaired) electrons. The summed E-state index contributed by atoms with van der Waals surface area (Å²) in [5.41, 5.74) is -1.25. The zero-order chi connectivity index (χ0) is 17.4. The molecule has 2 rings (SSSR count). The molecule has 0 aromatic heterocycles. The van der Waals surface area contributed by atoms with E-state index < -0.39 is 38.4 Å². The molecular weight excluding hydrogens is 335 g/mol. The first kappa shape index (κ1) is 17.6. The Morgan fingerprint density at radius 3 is 2.52 bits per heavy atom. The van der Waals surface area contributed by atoms with Crippen LogP contribution < -0.4 is 4.90 Å². The summed E-state index contributed by atoms with van der Waals surface area (Å²) in [6, 6.07) is 2.82. The van der Waals surface area contributed by atoms with E-state index in [1.54, 1.807) is 0 Å². The number of carbonyl (C=O) groups is 1. The number of benzene rings is 1. The van der Waals surface area contributed by atoms with E-state index in [0.717, 1.165) is 18.4 Å². The lowest BCUT2D eigenvalue weighted by atomic mass is 9.97. The first-order valence-corrected chi connectivity index (χ1v) is 8.78. The maximum absolute atomic E-state index is 13.3. The molecule has 1 aromatic rings. The third-order valence-electron chi connectivity index (χ3n) is 3.81. The lowest BCUT2D eigenvalue weighted by Gasteiger charge is -2.34. The minimum absolute atomic E-state index is 0.0311. The molecule has 1 unspecified atom stereocenters. The summed E-state index contributed by atoms with van der Waals surface area (Å²) in [5, 5.41) is 9.05. The van der Waals surface area contributed by atoms with Crippen LogP contribution in [0.2, 0.25) is 0 Å². The Bertz CT molecular complexity index is 715. The number of sulfone groups is 1. The number of halogens is 3. The van der Waals surface area contributed by atoms with Crippen LogP contribution in [0, 0.1) is 5.92 Å². The molecule has 1 N–H and O–H groups in total. The molecule has 1 atom stereocenters. The maximum Gasteiger partial charge on any atom is 0.418 e. The second-order valence-electron chi connectivity index (χ2n) is 5.57. The highest BCUT2D eigenvalue weighted by molar-refractivity contribution is 7.90. The van der Waals surface area contributed by atoms with Gasteiger partial charge in [0.1, 0.15) is 0 Å². The third-order valence-corrected chi connectivity index (χ3v) is 4.92. The van der Waals surface area contributed by atoms with Gasteiger partial charge in [0.05, 0.1) is 16.4 Å². The first-order valence-electron chi connectivity index (χ1n) is 6.89. The van der Waals surface area contributed by atoms with Crippen LogP contribution >= 0.6 is 0 Å². The molecule has 5 nitrogen and oxygen atoms in total. The van der Waals surface area contributed by atoms with Gasteiger partial charge in [0.2, 0.25) is 0 Å². The normalized spacial score (nSPS) is 19.7. The molecule has 0 amide bonds. The van der Waals surface area contributed by atoms with Gasteiger partial charge in [-0.15, -0.1) is 0 Å². The fourth-order valence-corrected chi connectivity index (χ4v) is 3.29. The van der Waals surface area contributed by atoms with Crippen molar-refractivity contribution in [1.82, 2.24) is 0 Å². The molecule has 1 aliphatic heterocycles. The van der Waals surface area contributed by atoms with Crippen LogP contribution in [0.5, 0.6) is 0 Å². The number of carboxylic acids is 1. The zero-order valence-corrected chi connectivity index (χ0v) is 13.1. The van der Waals surface area contributed by atoms with Crippen molar-refractivity contribution in [3.63, 3.8) is 0 Å². The molecule has 1 aliphatic rings. The van der Waals surface area contributed by atoms with Crippen molar-refractivity contribution in [2.45, 2.75) is 23.9 Å². The molecule has 23 heavy (non-hydrogen) atoms. The van der Waals surface area contributed by atoms with Crippen molar-refractivity contribution in [3.05, 3.63) is 23.8 Å². The van der Waals surface area contributed by atoms with Gasteiger partial charge in [0.25, 0.3) is 0 Å². The van der Waals surface area contributed by atoms with Gasteiger partial charge in [-0.05, 0) is 31.0 Å². The molecule has 1 heterocycles. The summed E-state index contributed by atoms with van der Waals surface area (Å²) in [6.07, 6.45) is -3.02. The van der Waals surface area contributed by atoms with Gasteiger partial charge < -0.3 is 10.0 Å². The van der Waals surface area contributed by atoms with Gasteiger partial charge in [-0.25, -0.2) is 8.42 Å². The Hall–Kier alpha value is -1.77. The van der Waals surface area contributed by atoms with Gasteiger partial charge in [0, 0.05) is 25.0 Å². The average molecular weight is 351 g/mol. The van der Waals surface area contributed by atoms with Crippen LogP contribution in [0.25, 0.3) is 0 Å². The van der Waals surface area contributed by atoms with E-state index in [1.165, 1.54) is 4.90 Å². The van der Waals surface area contributed by atoms with Crippen LogP contribution in [-0.4, -0.2) is 38.8 Å². The lowest BCUT2D eigenvalue weighted by Crippen LogP contribution is -2.39. The summed E-state index contributed by atoms with van der Waals surface area (Å²) in [4.78, 5) is 12.0. The molecule has 1 fully saturated rings. The molecule has 128 valence electrons. The maximum atomic E-state index is 13.3. The number of aliphatic carboxylic acids is 1. The second kappa shape index (κ2) is 6.03. The Morgan fingerprint density at radius 2 is 2.00 bits per heavy atom. The van der Waals surface area contributed by atoms with E-state index in [0.29, 0.717) is 25.5 Å². The number of alkyl halides is 3. The molecular formula is C14H16F3NO4S. The molecule has 0 saturated carbocycles. The Kier molecular flexibility index (Phi) is 4.61. The number of hydrogen-bond acceptors (Lipinski definition) is 4. The molecule has 1 aromatic carbocycles. The number of piperidine rings is 1. The van der Waals surface area contributed by atoms with Crippen molar-refractivity contribution >= 4 is 21.5 Å². The number of nitrogens with zero attached hydrogens (tertiary/aromatic N) is 1. The molecule has 9 heteroatoms. The average Bonchev–Trinajstić information content (AvgIpc) is 2.45. The summed E-state index contributed by atoms with van der Waals surface area (Å²) in [6.45, 7) is 0.266. The predicted molar refractivity (Wildman–Crippen MR) is 77.1 cm³/mol. The van der Waals surface area contributed by atoms with Crippen molar-refractivity contribution in [1.29, 1.82) is 0 Å². The summed E-state index contributed by atoms with van der Waals surface area (Å²) in [7, 11) is -3.77. The van der Waals surface area contributed by atoms with Crippen LogP contribution in [0.3, 0.4) is 0 Å². The highest BCUT2D eigenvalue weighted by Gasteiger charge is 2.37. The largest absolute Gasteiger partial charge is 0.481 e. The number of rotatable bonds is 3. The number of hydrogen-bond donors (Lipinski definition) is 1. The minimum atomic E-state index is -4.73. The van der Waals surface area contributed by atoms with Gasteiger partial charge in [0.15, 0.2) is 9.84 Å². The van der Waals surface area contributed by atoms with Crippen molar-refractivity contribution in [2.24, 2.45) is 5.92 Å². The summed E-state index contributed by atoms with van der Waals surface area (Å²) < 4.78 is 62.8. The van der Waals surface area contributed by atoms with E-state index in [1.807, 2.05) is 0 Å². The predicted octanol–water partition coefficient (Wildman–Crippen LogP) is 2.41. The van der Waals surface area contributed by atoms with Crippen molar-refractivity contribution in [3.8, 4) is 0 Å².